The highest BCUT2D eigenvalue weighted by Crippen LogP contribution is 2.41. The van der Waals surface area contributed by atoms with E-state index in [9.17, 15) is 19.2 Å². The number of benzene rings is 3. The van der Waals surface area contributed by atoms with Crippen LogP contribution in [-0.4, -0.2) is 69.5 Å². The predicted molar refractivity (Wildman–Crippen MR) is 152 cm³/mol. The van der Waals surface area contributed by atoms with Gasteiger partial charge >= 0.3 is 0 Å². The fraction of sp³-hybridized carbons (Fsp3) is 0.333. The van der Waals surface area contributed by atoms with Crippen LogP contribution in [0, 0.1) is 0 Å². The summed E-state index contributed by atoms with van der Waals surface area (Å²) in [6.07, 6.45) is 2.56. The molecule has 2 bridgehead atoms. The van der Waals surface area contributed by atoms with E-state index in [1.54, 1.807) is 6.07 Å². The molecule has 0 aliphatic carbocycles. The largest absolute Gasteiger partial charge is 0.296 e. The zero-order valence-electron chi connectivity index (χ0n) is 22.7. The molecule has 8 heteroatoms. The van der Waals surface area contributed by atoms with E-state index in [4.69, 9.17) is 0 Å². The summed E-state index contributed by atoms with van der Waals surface area (Å²) in [7, 11) is 0. The molecule has 7 rings (SSSR count). The Hall–Kier alpha value is -4.14. The highest BCUT2D eigenvalue weighted by molar-refractivity contribution is 6.23. The second-order valence-corrected chi connectivity index (χ2v) is 11.6. The van der Waals surface area contributed by atoms with Crippen molar-refractivity contribution >= 4 is 23.6 Å². The summed E-state index contributed by atoms with van der Waals surface area (Å²) < 4.78 is 0. The van der Waals surface area contributed by atoms with Gasteiger partial charge < -0.3 is 0 Å². The number of piperazine rings is 1. The molecule has 3 aromatic rings. The molecule has 208 valence electrons. The molecule has 0 radical (unpaired) electrons. The van der Waals surface area contributed by atoms with Gasteiger partial charge in [-0.1, -0.05) is 66.7 Å². The molecule has 3 unspecified atom stereocenters. The van der Waals surface area contributed by atoms with Gasteiger partial charge in [0.25, 0.3) is 11.8 Å². The number of amides is 4. The van der Waals surface area contributed by atoms with Gasteiger partial charge in [-0.05, 0) is 48.1 Å². The van der Waals surface area contributed by atoms with Gasteiger partial charge in [0.15, 0.2) is 0 Å². The van der Waals surface area contributed by atoms with E-state index in [2.05, 4.69) is 75.8 Å². The molecule has 3 aromatic carbocycles. The van der Waals surface area contributed by atoms with Crippen LogP contribution >= 0.6 is 0 Å². The summed E-state index contributed by atoms with van der Waals surface area (Å²) in [6, 6.07) is 27.0. The van der Waals surface area contributed by atoms with E-state index >= 15 is 0 Å². The van der Waals surface area contributed by atoms with E-state index in [1.807, 2.05) is 12.1 Å². The fourth-order valence-corrected chi connectivity index (χ4v) is 7.26. The van der Waals surface area contributed by atoms with Crippen molar-refractivity contribution in [1.29, 1.82) is 0 Å². The van der Waals surface area contributed by atoms with Crippen LogP contribution in [0.1, 0.15) is 69.1 Å². The summed E-state index contributed by atoms with van der Waals surface area (Å²) in [5.74, 6) is -1.89. The number of nitrogens with one attached hydrogen (secondary N) is 1. The van der Waals surface area contributed by atoms with Crippen LogP contribution < -0.4 is 5.32 Å². The number of hydrogen-bond donors (Lipinski definition) is 1. The van der Waals surface area contributed by atoms with Gasteiger partial charge in [-0.25, -0.2) is 0 Å². The number of nitrogens with zero attached hydrogens (tertiary/aromatic N) is 3. The summed E-state index contributed by atoms with van der Waals surface area (Å²) in [6.45, 7) is 2.55. The molecule has 3 saturated heterocycles. The van der Waals surface area contributed by atoms with Crippen LogP contribution in [0.25, 0.3) is 0 Å². The molecular weight excluding hydrogens is 516 g/mol. The van der Waals surface area contributed by atoms with Crippen LogP contribution in [0.15, 0.2) is 78.9 Å². The number of piperidine rings is 1. The normalized spacial score (nSPS) is 24.7. The first-order valence-corrected chi connectivity index (χ1v) is 14.4. The Balaban J connectivity index is 1.09. The monoisotopic (exact) mass is 548 g/mol. The number of likely N-dealkylation sites (tertiary alicyclic amines) is 1. The minimum Gasteiger partial charge on any atom is -0.296 e. The number of fused-ring (bicyclic) bond motifs is 3. The van der Waals surface area contributed by atoms with Crippen molar-refractivity contribution in [3.63, 3.8) is 0 Å². The zero-order chi connectivity index (χ0) is 28.1. The quantitative estimate of drug-likeness (QED) is 0.474. The number of carbonyl (C=O) groups is 4. The number of imide groups is 2. The molecule has 8 nitrogen and oxygen atoms in total. The SMILES string of the molecule is O=C1CCC(N2C(=O)c3ccc(CN4CC5CCC(C4)N5C(c4ccccc4)c4ccccc4)cc3C2=O)C(=O)N1. The van der Waals surface area contributed by atoms with Gasteiger partial charge in [0.2, 0.25) is 11.8 Å². The van der Waals surface area contributed by atoms with Crippen LogP contribution in [0.5, 0.6) is 0 Å². The fourth-order valence-electron chi connectivity index (χ4n) is 7.26. The Morgan fingerprint density at radius 1 is 0.732 bits per heavy atom. The third kappa shape index (κ3) is 4.57. The average Bonchev–Trinajstić information content (AvgIpc) is 3.37. The molecule has 0 aromatic heterocycles. The standard InChI is InChI=1S/C33H32N4O4/c38-29-16-15-28(31(39)34-29)37-32(40)26-14-11-21(17-27(26)33(37)41)18-35-19-24-12-13-25(20-35)36(24)30(22-7-3-1-4-8-22)23-9-5-2-6-10-23/h1-11,14,17,24-25,28,30H,12-13,15-16,18-20H2,(H,34,38,39). The van der Waals surface area contributed by atoms with Crippen molar-refractivity contribution in [2.75, 3.05) is 13.1 Å². The van der Waals surface area contributed by atoms with Crippen molar-refractivity contribution in [3.8, 4) is 0 Å². The minimum atomic E-state index is -0.950. The predicted octanol–water partition coefficient (Wildman–Crippen LogP) is 3.53. The van der Waals surface area contributed by atoms with E-state index in [0.29, 0.717) is 29.8 Å². The van der Waals surface area contributed by atoms with Gasteiger partial charge in [-0.2, -0.15) is 0 Å². The lowest BCUT2D eigenvalue weighted by atomic mass is 9.94. The van der Waals surface area contributed by atoms with Gasteiger partial charge in [0, 0.05) is 38.1 Å². The molecule has 1 N–H and O–H groups in total. The van der Waals surface area contributed by atoms with Gasteiger partial charge in [0.1, 0.15) is 6.04 Å². The second kappa shape index (κ2) is 10.4. The van der Waals surface area contributed by atoms with E-state index in [0.717, 1.165) is 36.4 Å². The molecule has 0 saturated carbocycles. The minimum absolute atomic E-state index is 0.110. The molecule has 4 amide bonds. The van der Waals surface area contributed by atoms with Crippen LogP contribution in [0.3, 0.4) is 0 Å². The summed E-state index contributed by atoms with van der Waals surface area (Å²) in [5.41, 5.74) is 4.26. The first kappa shape index (κ1) is 25.8. The van der Waals surface area contributed by atoms with Gasteiger partial charge in [-0.3, -0.25) is 39.2 Å². The maximum atomic E-state index is 13.3. The van der Waals surface area contributed by atoms with Crippen molar-refractivity contribution in [2.45, 2.75) is 56.4 Å². The Kier molecular flexibility index (Phi) is 6.52. The highest BCUT2D eigenvalue weighted by Gasteiger charge is 2.46. The molecule has 4 aliphatic heterocycles. The maximum absolute atomic E-state index is 13.3. The highest BCUT2D eigenvalue weighted by atomic mass is 16.2. The van der Waals surface area contributed by atoms with E-state index in [1.165, 1.54) is 11.1 Å². The molecule has 3 fully saturated rings. The van der Waals surface area contributed by atoms with Crippen LogP contribution in [0.2, 0.25) is 0 Å². The van der Waals surface area contributed by atoms with Crippen LogP contribution in [0.4, 0.5) is 0 Å². The molecule has 0 spiro atoms. The van der Waals surface area contributed by atoms with Crippen molar-refractivity contribution < 1.29 is 19.2 Å². The number of carbonyl (C=O) groups excluding carboxylic acids is 4. The zero-order valence-corrected chi connectivity index (χ0v) is 22.7. The second-order valence-electron chi connectivity index (χ2n) is 11.6. The first-order chi connectivity index (χ1) is 20.0. The summed E-state index contributed by atoms with van der Waals surface area (Å²) in [4.78, 5) is 56.6. The van der Waals surface area contributed by atoms with Gasteiger partial charge in [0.05, 0.1) is 17.2 Å². The summed E-state index contributed by atoms with van der Waals surface area (Å²) >= 11 is 0. The number of hydrogen-bond acceptors (Lipinski definition) is 6. The Bertz CT molecular complexity index is 1470. The summed E-state index contributed by atoms with van der Waals surface area (Å²) in [5, 5.41) is 2.25. The van der Waals surface area contributed by atoms with Crippen molar-refractivity contribution in [1.82, 2.24) is 20.0 Å². The van der Waals surface area contributed by atoms with E-state index < -0.39 is 23.8 Å². The molecule has 41 heavy (non-hydrogen) atoms. The lowest BCUT2D eigenvalue weighted by Crippen LogP contribution is -2.54. The maximum Gasteiger partial charge on any atom is 0.262 e. The molecular formula is C33H32N4O4. The molecule has 3 atom stereocenters. The topological polar surface area (TPSA) is 90.0 Å². The first-order valence-electron chi connectivity index (χ1n) is 14.4. The third-order valence-electron chi connectivity index (χ3n) is 9.05. The Morgan fingerprint density at radius 2 is 1.34 bits per heavy atom. The van der Waals surface area contributed by atoms with Gasteiger partial charge in [-0.15, -0.1) is 0 Å². The van der Waals surface area contributed by atoms with Crippen molar-refractivity contribution in [3.05, 3.63) is 107 Å². The lowest BCUT2D eigenvalue weighted by molar-refractivity contribution is -0.136. The third-order valence-corrected chi connectivity index (χ3v) is 9.05. The van der Waals surface area contributed by atoms with E-state index in [-0.39, 0.29) is 24.8 Å². The number of rotatable bonds is 6. The Morgan fingerprint density at radius 3 is 1.95 bits per heavy atom. The molecule has 4 aliphatic rings. The Labute approximate surface area is 238 Å². The lowest BCUT2D eigenvalue weighted by Gasteiger charge is -2.45. The van der Waals surface area contributed by atoms with Crippen molar-refractivity contribution in [2.24, 2.45) is 0 Å². The average molecular weight is 549 g/mol. The van der Waals surface area contributed by atoms with Crippen LogP contribution in [-0.2, 0) is 16.1 Å². The molecule has 4 heterocycles. The smallest absolute Gasteiger partial charge is 0.262 e.